The molecule has 0 saturated carbocycles. The van der Waals surface area contributed by atoms with Gasteiger partial charge in [-0.25, -0.2) is 4.79 Å². The molecule has 3 aromatic rings. The van der Waals surface area contributed by atoms with Crippen molar-refractivity contribution in [2.45, 2.75) is 32.0 Å². The molecule has 14 heteroatoms. The van der Waals surface area contributed by atoms with E-state index in [0.29, 0.717) is 18.8 Å². The molecule has 0 aliphatic heterocycles. The number of ether oxygens (including phenoxy) is 2. The fourth-order valence-corrected chi connectivity index (χ4v) is 3.03. The van der Waals surface area contributed by atoms with E-state index in [2.05, 4.69) is 25.6 Å². The van der Waals surface area contributed by atoms with E-state index in [0.717, 1.165) is 30.6 Å². The lowest BCUT2D eigenvalue weighted by molar-refractivity contribution is -0.154. The van der Waals surface area contributed by atoms with Gasteiger partial charge in [-0.3, -0.25) is 0 Å². The molecular weight excluding hydrogens is 529 g/mol. The van der Waals surface area contributed by atoms with E-state index in [1.54, 1.807) is 0 Å². The van der Waals surface area contributed by atoms with Crippen LogP contribution in [0.1, 0.15) is 35.2 Å². The van der Waals surface area contributed by atoms with Gasteiger partial charge in [0.15, 0.2) is 6.61 Å². The SMILES string of the molecule is Cl.NCCCCCOc1ccc(CNc2nc(Nc3ccc(C(=O)O)cc3)nc(OCC(F)(F)F)n2)cc1. The lowest BCUT2D eigenvalue weighted by Gasteiger charge is -2.12. The average molecular weight is 557 g/mol. The van der Waals surface area contributed by atoms with Crippen LogP contribution in [0.3, 0.4) is 0 Å². The molecule has 5 N–H and O–H groups in total. The van der Waals surface area contributed by atoms with E-state index in [9.17, 15) is 18.0 Å². The number of carbonyl (C=O) groups is 1. The molecule has 2 aromatic carbocycles. The Labute approximate surface area is 223 Å². The molecule has 3 rings (SSSR count). The van der Waals surface area contributed by atoms with Crippen molar-refractivity contribution in [1.29, 1.82) is 0 Å². The third kappa shape index (κ3) is 10.6. The fraction of sp³-hybridized carbons (Fsp3) is 0.333. The van der Waals surface area contributed by atoms with Crippen LogP contribution in [0.2, 0.25) is 0 Å². The number of unbranched alkanes of at least 4 members (excludes halogenated alkanes) is 2. The molecule has 38 heavy (non-hydrogen) atoms. The van der Waals surface area contributed by atoms with Gasteiger partial charge in [-0.1, -0.05) is 12.1 Å². The highest BCUT2D eigenvalue weighted by Gasteiger charge is 2.29. The lowest BCUT2D eigenvalue weighted by atomic mass is 10.2. The Bertz CT molecular complexity index is 1150. The van der Waals surface area contributed by atoms with Crippen molar-refractivity contribution in [2.75, 3.05) is 30.4 Å². The molecule has 0 fully saturated rings. The van der Waals surface area contributed by atoms with Crippen molar-refractivity contribution >= 4 is 36.0 Å². The first kappa shape index (κ1) is 30.4. The van der Waals surface area contributed by atoms with Gasteiger partial charge in [0.2, 0.25) is 11.9 Å². The molecule has 0 aliphatic rings. The zero-order valence-corrected chi connectivity index (χ0v) is 21.0. The van der Waals surface area contributed by atoms with Gasteiger partial charge in [0.05, 0.1) is 12.2 Å². The molecule has 0 bridgehead atoms. The number of carboxylic acids is 1. The molecule has 0 aliphatic carbocycles. The Morgan fingerprint density at radius 1 is 0.921 bits per heavy atom. The van der Waals surface area contributed by atoms with Gasteiger partial charge in [0.1, 0.15) is 5.75 Å². The number of aromatic nitrogens is 3. The number of hydrogen-bond acceptors (Lipinski definition) is 9. The second-order valence-corrected chi connectivity index (χ2v) is 7.87. The molecule has 206 valence electrons. The van der Waals surface area contributed by atoms with Crippen molar-refractivity contribution in [3.63, 3.8) is 0 Å². The zero-order chi connectivity index (χ0) is 26.7. The number of nitrogens with one attached hydrogen (secondary N) is 2. The highest BCUT2D eigenvalue weighted by molar-refractivity contribution is 5.88. The lowest BCUT2D eigenvalue weighted by Crippen LogP contribution is -2.21. The van der Waals surface area contributed by atoms with E-state index >= 15 is 0 Å². The molecule has 0 unspecified atom stereocenters. The number of hydrogen-bond donors (Lipinski definition) is 4. The number of alkyl halides is 3. The van der Waals surface area contributed by atoms with Crippen LogP contribution in [-0.4, -0.2) is 52.0 Å². The minimum atomic E-state index is -4.57. The van der Waals surface area contributed by atoms with E-state index in [-0.39, 0.29) is 36.4 Å². The van der Waals surface area contributed by atoms with Crippen molar-refractivity contribution in [3.8, 4) is 11.8 Å². The van der Waals surface area contributed by atoms with Crippen molar-refractivity contribution in [3.05, 3.63) is 59.7 Å². The summed E-state index contributed by atoms with van der Waals surface area (Å²) in [6.07, 6.45) is -1.70. The predicted octanol–water partition coefficient (Wildman–Crippen LogP) is 4.80. The number of anilines is 3. The normalized spacial score (nSPS) is 10.8. The second kappa shape index (κ2) is 14.8. The van der Waals surface area contributed by atoms with Crippen LogP contribution in [-0.2, 0) is 6.54 Å². The monoisotopic (exact) mass is 556 g/mol. The number of aromatic carboxylic acids is 1. The maximum absolute atomic E-state index is 12.6. The van der Waals surface area contributed by atoms with Gasteiger partial charge in [-0.05, 0) is 67.8 Å². The number of nitrogens with zero attached hydrogens (tertiary/aromatic N) is 3. The van der Waals surface area contributed by atoms with Gasteiger partial charge >= 0.3 is 18.2 Å². The second-order valence-electron chi connectivity index (χ2n) is 7.87. The molecular formula is C24H28ClF3N6O4. The predicted molar refractivity (Wildman–Crippen MR) is 137 cm³/mol. The van der Waals surface area contributed by atoms with Crippen LogP contribution in [0.15, 0.2) is 48.5 Å². The molecule has 0 radical (unpaired) electrons. The highest BCUT2D eigenvalue weighted by Crippen LogP contribution is 2.21. The van der Waals surface area contributed by atoms with Crippen LogP contribution < -0.4 is 25.8 Å². The summed E-state index contributed by atoms with van der Waals surface area (Å²) in [7, 11) is 0. The number of halogens is 4. The quantitative estimate of drug-likeness (QED) is 0.204. The summed E-state index contributed by atoms with van der Waals surface area (Å²) in [5.74, 6) is -0.476. The molecule has 0 atom stereocenters. The number of rotatable bonds is 14. The topological polar surface area (TPSA) is 145 Å². The Hall–Kier alpha value is -3.84. The molecule has 0 saturated heterocycles. The van der Waals surface area contributed by atoms with Crippen molar-refractivity contribution in [2.24, 2.45) is 5.73 Å². The standard InChI is InChI=1S/C24H27F3N6O4.ClH/c25-24(26,27)15-37-23-32-21(31-22(33-23)30-18-8-6-17(7-9-18)20(34)35)29-14-16-4-10-19(11-5-16)36-13-3-1-2-12-28;/h4-11H,1-3,12-15,28H2,(H,34,35)(H2,29,30,31,32,33);1H. The summed E-state index contributed by atoms with van der Waals surface area (Å²) in [6.45, 7) is -0.0443. The highest BCUT2D eigenvalue weighted by atomic mass is 35.5. The third-order valence-corrected chi connectivity index (χ3v) is 4.86. The van der Waals surface area contributed by atoms with Gasteiger partial charge in [-0.2, -0.15) is 28.1 Å². The van der Waals surface area contributed by atoms with Crippen LogP contribution in [0.5, 0.6) is 11.8 Å². The molecule has 10 nitrogen and oxygen atoms in total. The van der Waals surface area contributed by atoms with E-state index < -0.39 is 24.8 Å². The fourth-order valence-electron chi connectivity index (χ4n) is 3.03. The Kier molecular flexibility index (Phi) is 11.8. The summed E-state index contributed by atoms with van der Waals surface area (Å²) in [6, 6.07) is 12.5. The van der Waals surface area contributed by atoms with Crippen LogP contribution in [0.4, 0.5) is 30.8 Å². The van der Waals surface area contributed by atoms with Gasteiger partial charge < -0.3 is 30.9 Å². The van der Waals surface area contributed by atoms with Crippen LogP contribution in [0, 0.1) is 0 Å². The summed E-state index contributed by atoms with van der Waals surface area (Å²) < 4.78 is 48.3. The number of nitrogens with two attached hydrogens (primary N) is 1. The molecule has 0 amide bonds. The number of benzene rings is 2. The minimum absolute atomic E-state index is 0. The summed E-state index contributed by atoms with van der Waals surface area (Å²) >= 11 is 0. The van der Waals surface area contributed by atoms with Gasteiger partial charge in [0.25, 0.3) is 0 Å². The summed E-state index contributed by atoms with van der Waals surface area (Å²) in [5.41, 5.74) is 6.82. The Morgan fingerprint density at radius 2 is 1.61 bits per heavy atom. The molecule has 0 spiro atoms. The van der Waals surface area contributed by atoms with E-state index in [4.69, 9.17) is 20.3 Å². The van der Waals surface area contributed by atoms with Crippen molar-refractivity contribution < 1.29 is 32.5 Å². The zero-order valence-electron chi connectivity index (χ0n) is 20.2. The molecule has 1 aromatic heterocycles. The summed E-state index contributed by atoms with van der Waals surface area (Å²) in [5, 5.41) is 14.8. The first-order valence-electron chi connectivity index (χ1n) is 11.4. The maximum Gasteiger partial charge on any atom is 0.422 e. The van der Waals surface area contributed by atoms with Gasteiger partial charge in [-0.15, -0.1) is 12.4 Å². The summed E-state index contributed by atoms with van der Waals surface area (Å²) in [4.78, 5) is 23.0. The third-order valence-electron chi connectivity index (χ3n) is 4.86. The van der Waals surface area contributed by atoms with Crippen LogP contribution in [0.25, 0.3) is 0 Å². The average Bonchev–Trinajstić information content (AvgIpc) is 2.87. The van der Waals surface area contributed by atoms with Crippen LogP contribution >= 0.6 is 12.4 Å². The Balaban J connectivity index is 0.00000507. The first-order chi connectivity index (χ1) is 17.7. The number of carboxylic acid groups (broad SMARTS) is 1. The minimum Gasteiger partial charge on any atom is -0.494 e. The molecule has 1 heterocycles. The maximum atomic E-state index is 12.6. The first-order valence-corrected chi connectivity index (χ1v) is 11.4. The van der Waals surface area contributed by atoms with Crippen molar-refractivity contribution in [1.82, 2.24) is 15.0 Å². The Morgan fingerprint density at radius 3 is 2.24 bits per heavy atom. The largest absolute Gasteiger partial charge is 0.494 e. The van der Waals surface area contributed by atoms with E-state index in [1.807, 2.05) is 24.3 Å². The smallest absolute Gasteiger partial charge is 0.422 e. The van der Waals surface area contributed by atoms with E-state index in [1.165, 1.54) is 24.3 Å². The van der Waals surface area contributed by atoms with Gasteiger partial charge in [0, 0.05) is 12.2 Å².